The molecule has 0 amide bonds. The maximum atomic E-state index is 13.3. The van der Waals surface area contributed by atoms with Gasteiger partial charge in [0.2, 0.25) is 5.95 Å². The summed E-state index contributed by atoms with van der Waals surface area (Å²) in [5.41, 5.74) is 2.77. The molecule has 212 valence electrons. The van der Waals surface area contributed by atoms with Crippen LogP contribution >= 0.6 is 0 Å². The summed E-state index contributed by atoms with van der Waals surface area (Å²) in [6.07, 6.45) is 4.06. The number of likely N-dealkylation sites (N-methyl/N-ethyl adjacent to an activating group) is 1. The van der Waals surface area contributed by atoms with Crippen LogP contribution in [0.2, 0.25) is 0 Å². The van der Waals surface area contributed by atoms with Crippen LogP contribution in [-0.2, 0) is 13.1 Å². The molecule has 1 aromatic carbocycles. The fraction of sp³-hybridized carbons (Fsp3) is 0.310. The number of nitrogens with one attached hydrogen (secondary N) is 1. The lowest BCUT2D eigenvalue weighted by Gasteiger charge is -2.34. The molecule has 0 bridgehead atoms. The van der Waals surface area contributed by atoms with Gasteiger partial charge in [-0.15, -0.1) is 6.58 Å². The number of allylic oxidation sites excluding steroid dienone is 1. The summed E-state index contributed by atoms with van der Waals surface area (Å²) in [7, 11) is 2.14. The fourth-order valence-electron chi connectivity index (χ4n) is 5.16. The minimum absolute atomic E-state index is 0.187. The summed E-state index contributed by atoms with van der Waals surface area (Å²) in [4.78, 5) is 32.0. The van der Waals surface area contributed by atoms with Crippen molar-refractivity contribution in [3.05, 3.63) is 77.9 Å². The van der Waals surface area contributed by atoms with Gasteiger partial charge in [-0.3, -0.25) is 4.79 Å². The first kappa shape index (κ1) is 26.7. The van der Waals surface area contributed by atoms with Crippen LogP contribution in [0.1, 0.15) is 0 Å². The van der Waals surface area contributed by atoms with Crippen LogP contribution in [0.15, 0.2) is 72.3 Å². The summed E-state index contributed by atoms with van der Waals surface area (Å²) in [5, 5.41) is 23.8. The molecule has 0 aliphatic carbocycles. The van der Waals surface area contributed by atoms with Crippen molar-refractivity contribution >= 4 is 39.4 Å². The average Bonchev–Trinajstić information content (AvgIpc) is 3.51. The van der Waals surface area contributed by atoms with Gasteiger partial charge in [0.15, 0.2) is 11.5 Å². The Morgan fingerprint density at radius 3 is 2.56 bits per heavy atom. The molecule has 12 nitrogen and oxygen atoms in total. The topological polar surface area (TPSA) is 130 Å². The van der Waals surface area contributed by atoms with E-state index in [0.717, 1.165) is 37.3 Å². The zero-order valence-corrected chi connectivity index (χ0v) is 22.9. The van der Waals surface area contributed by atoms with E-state index in [-0.39, 0.29) is 25.3 Å². The van der Waals surface area contributed by atoms with Gasteiger partial charge in [-0.1, -0.05) is 6.08 Å². The third-order valence-electron chi connectivity index (χ3n) is 7.40. The molecule has 5 aromatic rings. The third kappa shape index (κ3) is 5.20. The highest BCUT2D eigenvalue weighted by Gasteiger charge is 2.19. The fourth-order valence-corrected chi connectivity index (χ4v) is 5.16. The van der Waals surface area contributed by atoms with Gasteiger partial charge in [0.25, 0.3) is 5.56 Å². The molecule has 6 rings (SSSR count). The van der Waals surface area contributed by atoms with Gasteiger partial charge in [0.1, 0.15) is 11.0 Å². The average molecular weight is 556 g/mol. The summed E-state index contributed by atoms with van der Waals surface area (Å²) in [6, 6.07) is 13.8. The number of benzene rings is 1. The van der Waals surface area contributed by atoms with E-state index < -0.39 is 6.10 Å². The molecule has 3 N–H and O–H groups in total. The molecule has 1 fully saturated rings. The van der Waals surface area contributed by atoms with E-state index in [2.05, 4.69) is 45.9 Å². The highest BCUT2D eigenvalue weighted by molar-refractivity contribution is 5.80. The van der Waals surface area contributed by atoms with Gasteiger partial charge in [0, 0.05) is 55.3 Å². The van der Waals surface area contributed by atoms with Gasteiger partial charge in [-0.05, 0) is 49.5 Å². The van der Waals surface area contributed by atoms with Crippen molar-refractivity contribution in [2.45, 2.75) is 19.2 Å². The van der Waals surface area contributed by atoms with Crippen LogP contribution in [0, 0.1) is 0 Å². The maximum absolute atomic E-state index is 13.3. The highest BCUT2D eigenvalue weighted by Crippen LogP contribution is 2.23. The number of pyridine rings is 1. The Labute approximate surface area is 236 Å². The van der Waals surface area contributed by atoms with Crippen molar-refractivity contribution in [3.63, 3.8) is 0 Å². The van der Waals surface area contributed by atoms with Gasteiger partial charge >= 0.3 is 0 Å². The van der Waals surface area contributed by atoms with Crippen molar-refractivity contribution in [1.82, 2.24) is 33.8 Å². The van der Waals surface area contributed by atoms with E-state index in [4.69, 9.17) is 9.97 Å². The lowest BCUT2D eigenvalue weighted by molar-refractivity contribution is 0.0821. The standard InChI is InChI=1S/C29H33N9O3/c1-3-11-37-28(41)24-17-30-29(31-21-5-7-22(8-6-21)35-15-13-34(2)14-16-35)33-27(24)38(37)25-9-4-20-10-12-36(26(20)32-25)18-23(40)19-39/h3-10,12,17,23,39-40H,1,11,13-16,18-19H2,2H3,(H,30,31,33). The first-order valence-electron chi connectivity index (χ1n) is 13.6. The molecule has 1 aliphatic heterocycles. The Morgan fingerprint density at radius 2 is 1.83 bits per heavy atom. The zero-order chi connectivity index (χ0) is 28.5. The third-order valence-corrected chi connectivity index (χ3v) is 7.40. The van der Waals surface area contributed by atoms with Crippen LogP contribution in [-0.4, -0.2) is 89.9 Å². The molecule has 12 heteroatoms. The van der Waals surface area contributed by atoms with Gasteiger partial charge < -0.3 is 29.9 Å². The SMILES string of the molecule is C=CCn1c(=O)c2cnc(Nc3ccc(N4CCN(C)CC4)cc3)nc2n1-c1ccc2ccn(CC(O)CO)c2n1. The van der Waals surface area contributed by atoms with Crippen LogP contribution in [0.3, 0.4) is 0 Å². The first-order chi connectivity index (χ1) is 19.9. The monoisotopic (exact) mass is 555 g/mol. The van der Waals surface area contributed by atoms with Crippen molar-refractivity contribution in [2.24, 2.45) is 0 Å². The van der Waals surface area contributed by atoms with E-state index in [1.807, 2.05) is 36.5 Å². The lowest BCUT2D eigenvalue weighted by Crippen LogP contribution is -2.44. The van der Waals surface area contributed by atoms with E-state index >= 15 is 0 Å². The predicted octanol–water partition coefficient (Wildman–Crippen LogP) is 1.97. The Bertz CT molecular complexity index is 1750. The van der Waals surface area contributed by atoms with E-state index in [0.29, 0.717) is 28.4 Å². The summed E-state index contributed by atoms with van der Waals surface area (Å²) >= 11 is 0. The van der Waals surface area contributed by atoms with Crippen molar-refractivity contribution < 1.29 is 10.2 Å². The van der Waals surface area contributed by atoms with E-state index in [1.165, 1.54) is 16.6 Å². The summed E-state index contributed by atoms with van der Waals surface area (Å²) in [6.45, 7) is 7.96. The molecule has 1 unspecified atom stereocenters. The van der Waals surface area contributed by atoms with Gasteiger partial charge in [-0.2, -0.15) is 4.98 Å². The van der Waals surface area contributed by atoms with Crippen LogP contribution in [0.5, 0.6) is 0 Å². The van der Waals surface area contributed by atoms with Gasteiger partial charge in [0.05, 0.1) is 25.8 Å². The molecule has 1 atom stereocenters. The number of hydrogen-bond donors (Lipinski definition) is 3. The van der Waals surface area contributed by atoms with Crippen molar-refractivity contribution in [1.29, 1.82) is 0 Å². The molecule has 1 aliphatic rings. The van der Waals surface area contributed by atoms with Crippen molar-refractivity contribution in [3.8, 4) is 5.82 Å². The smallest absolute Gasteiger partial charge is 0.278 e. The van der Waals surface area contributed by atoms with E-state index in [1.54, 1.807) is 15.3 Å². The number of rotatable bonds is 9. The molecular formula is C29H33N9O3. The number of nitrogens with zero attached hydrogens (tertiary/aromatic N) is 8. The number of aromatic nitrogens is 6. The minimum Gasteiger partial charge on any atom is -0.394 e. The Morgan fingerprint density at radius 1 is 1.05 bits per heavy atom. The molecule has 0 radical (unpaired) electrons. The molecular weight excluding hydrogens is 522 g/mol. The number of aliphatic hydroxyl groups excluding tert-OH is 2. The Kier molecular flexibility index (Phi) is 7.26. The van der Waals surface area contributed by atoms with Gasteiger partial charge in [-0.25, -0.2) is 19.3 Å². The quantitative estimate of drug-likeness (QED) is 0.234. The lowest BCUT2D eigenvalue weighted by atomic mass is 10.2. The second-order valence-corrected chi connectivity index (χ2v) is 10.3. The number of fused-ring (bicyclic) bond motifs is 2. The zero-order valence-electron chi connectivity index (χ0n) is 22.9. The van der Waals surface area contributed by atoms with Crippen LogP contribution in [0.25, 0.3) is 27.9 Å². The molecule has 4 aromatic heterocycles. The molecule has 1 saturated heterocycles. The minimum atomic E-state index is -0.917. The molecule has 0 spiro atoms. The van der Waals surface area contributed by atoms with E-state index in [9.17, 15) is 15.0 Å². The molecule has 41 heavy (non-hydrogen) atoms. The van der Waals surface area contributed by atoms with Crippen LogP contribution in [0.4, 0.5) is 17.3 Å². The first-order valence-corrected chi connectivity index (χ1v) is 13.6. The number of aliphatic hydroxyl groups is 2. The summed E-state index contributed by atoms with van der Waals surface area (Å²) in [5.74, 6) is 0.830. The second kappa shape index (κ2) is 11.2. The maximum Gasteiger partial charge on any atom is 0.278 e. The number of piperazine rings is 1. The molecule has 0 saturated carbocycles. The Hall–Kier alpha value is -4.52. The molecule has 5 heterocycles. The number of hydrogen-bond acceptors (Lipinski definition) is 9. The largest absolute Gasteiger partial charge is 0.394 e. The highest BCUT2D eigenvalue weighted by atomic mass is 16.3. The summed E-state index contributed by atoms with van der Waals surface area (Å²) < 4.78 is 4.96. The van der Waals surface area contributed by atoms with Crippen LogP contribution < -0.4 is 15.8 Å². The second-order valence-electron chi connectivity index (χ2n) is 10.3. The number of anilines is 3. The van der Waals surface area contributed by atoms with Crippen molar-refractivity contribution in [2.75, 3.05) is 50.1 Å². The predicted molar refractivity (Wildman–Crippen MR) is 159 cm³/mol. The normalized spacial score (nSPS) is 15.0. The Balaban J connectivity index is 1.36.